The SMILES string of the molecule is C#CC(C)CCI. The van der Waals surface area contributed by atoms with Crippen LogP contribution in [0, 0.1) is 18.3 Å². The maximum absolute atomic E-state index is 5.10. The third-order valence-corrected chi connectivity index (χ3v) is 1.45. The molecule has 1 atom stereocenters. The van der Waals surface area contributed by atoms with Gasteiger partial charge in [0.1, 0.15) is 0 Å². The van der Waals surface area contributed by atoms with Crippen LogP contribution < -0.4 is 0 Å². The molecule has 0 spiro atoms. The van der Waals surface area contributed by atoms with E-state index in [4.69, 9.17) is 6.42 Å². The first-order valence-corrected chi connectivity index (χ1v) is 3.86. The van der Waals surface area contributed by atoms with E-state index in [1.165, 1.54) is 4.43 Å². The molecule has 0 rings (SSSR count). The van der Waals surface area contributed by atoms with Crippen LogP contribution >= 0.6 is 22.6 Å². The monoisotopic (exact) mass is 208 g/mol. The Balaban J connectivity index is 3.04. The molecule has 1 heteroatoms. The first-order chi connectivity index (χ1) is 3.31. The highest BCUT2D eigenvalue weighted by atomic mass is 127. The van der Waals surface area contributed by atoms with Crippen LogP contribution in [0.2, 0.25) is 0 Å². The number of alkyl halides is 1. The van der Waals surface area contributed by atoms with Crippen molar-refractivity contribution < 1.29 is 0 Å². The Labute approximate surface area is 58.8 Å². The van der Waals surface area contributed by atoms with Gasteiger partial charge >= 0.3 is 0 Å². The number of halogens is 1. The smallest absolute Gasteiger partial charge is 0.0179 e. The quantitative estimate of drug-likeness (QED) is 0.370. The predicted octanol–water partition coefficient (Wildman–Crippen LogP) is 2.08. The normalized spacial score (nSPS) is 12.7. The third-order valence-electron chi connectivity index (χ3n) is 0.827. The standard InChI is InChI=1S/C6H9I/c1-3-6(2)4-5-7/h1,6H,4-5H2,2H3. The molecule has 0 fully saturated rings. The number of hydrogen-bond acceptors (Lipinski definition) is 0. The minimum absolute atomic E-state index is 0.469. The molecule has 0 heterocycles. The van der Waals surface area contributed by atoms with Gasteiger partial charge in [-0.1, -0.05) is 29.5 Å². The molecule has 0 amide bonds. The zero-order valence-corrected chi connectivity index (χ0v) is 6.60. The topological polar surface area (TPSA) is 0 Å². The third kappa shape index (κ3) is 4.14. The van der Waals surface area contributed by atoms with Crippen molar-refractivity contribution in [2.24, 2.45) is 5.92 Å². The maximum Gasteiger partial charge on any atom is 0.0179 e. The van der Waals surface area contributed by atoms with Gasteiger partial charge in [0.05, 0.1) is 0 Å². The summed E-state index contributed by atoms with van der Waals surface area (Å²) in [6.45, 7) is 2.07. The summed E-state index contributed by atoms with van der Waals surface area (Å²) < 4.78 is 1.17. The highest BCUT2D eigenvalue weighted by Gasteiger charge is 1.90. The van der Waals surface area contributed by atoms with E-state index < -0.39 is 0 Å². The molecule has 0 radical (unpaired) electrons. The van der Waals surface area contributed by atoms with Crippen LogP contribution in [-0.4, -0.2) is 4.43 Å². The van der Waals surface area contributed by atoms with Crippen molar-refractivity contribution in [1.29, 1.82) is 0 Å². The lowest BCUT2D eigenvalue weighted by Crippen LogP contribution is -1.88. The van der Waals surface area contributed by atoms with Crippen molar-refractivity contribution in [3.63, 3.8) is 0 Å². The molecule has 0 aromatic carbocycles. The van der Waals surface area contributed by atoms with E-state index >= 15 is 0 Å². The average Bonchev–Trinajstić information content (AvgIpc) is 1.68. The van der Waals surface area contributed by atoms with Gasteiger partial charge in [-0.15, -0.1) is 12.3 Å². The van der Waals surface area contributed by atoms with Gasteiger partial charge in [0.15, 0.2) is 0 Å². The number of terminal acetylenes is 1. The fourth-order valence-electron chi connectivity index (χ4n) is 0.247. The van der Waals surface area contributed by atoms with Gasteiger partial charge in [0.2, 0.25) is 0 Å². The van der Waals surface area contributed by atoms with Crippen molar-refractivity contribution in [2.45, 2.75) is 13.3 Å². The second kappa shape index (κ2) is 4.45. The minimum atomic E-state index is 0.469. The lowest BCUT2D eigenvalue weighted by molar-refractivity contribution is 0.739. The van der Waals surface area contributed by atoms with E-state index in [-0.39, 0.29) is 0 Å². The summed E-state index contributed by atoms with van der Waals surface area (Å²) >= 11 is 2.33. The maximum atomic E-state index is 5.10. The molecule has 0 nitrogen and oxygen atoms in total. The Morgan fingerprint density at radius 3 is 2.57 bits per heavy atom. The summed E-state index contributed by atoms with van der Waals surface area (Å²) in [6.07, 6.45) is 6.25. The molecule has 0 aliphatic rings. The largest absolute Gasteiger partial charge is 0.120 e. The van der Waals surface area contributed by atoms with Crippen molar-refractivity contribution in [3.05, 3.63) is 0 Å². The van der Waals surface area contributed by atoms with Crippen LogP contribution in [0.25, 0.3) is 0 Å². The summed E-state index contributed by atoms with van der Waals surface area (Å²) in [7, 11) is 0. The zero-order valence-electron chi connectivity index (χ0n) is 4.45. The average molecular weight is 208 g/mol. The molecule has 0 bridgehead atoms. The lowest BCUT2D eigenvalue weighted by Gasteiger charge is -1.94. The molecule has 0 saturated heterocycles. The molecule has 40 valence electrons. The molecule has 0 aromatic rings. The highest BCUT2D eigenvalue weighted by molar-refractivity contribution is 14.1. The van der Waals surface area contributed by atoms with Crippen LogP contribution in [0.4, 0.5) is 0 Å². The van der Waals surface area contributed by atoms with E-state index in [2.05, 4.69) is 35.4 Å². The summed E-state index contributed by atoms with van der Waals surface area (Å²) in [6, 6.07) is 0. The Hall–Kier alpha value is 0.290. The molecule has 0 N–H and O–H groups in total. The van der Waals surface area contributed by atoms with E-state index in [0.717, 1.165) is 6.42 Å². The number of hydrogen-bond donors (Lipinski definition) is 0. The van der Waals surface area contributed by atoms with Gasteiger partial charge in [-0.05, 0) is 6.42 Å². The fraction of sp³-hybridized carbons (Fsp3) is 0.667. The van der Waals surface area contributed by atoms with Crippen LogP contribution in [0.15, 0.2) is 0 Å². The van der Waals surface area contributed by atoms with Crippen molar-refractivity contribution in [1.82, 2.24) is 0 Å². The van der Waals surface area contributed by atoms with Gasteiger partial charge in [0.25, 0.3) is 0 Å². The lowest BCUT2D eigenvalue weighted by atomic mass is 10.1. The summed E-state index contributed by atoms with van der Waals surface area (Å²) in [5, 5.41) is 0. The summed E-state index contributed by atoms with van der Waals surface area (Å²) in [5.41, 5.74) is 0. The molecule has 0 saturated carbocycles. The Kier molecular flexibility index (Phi) is 4.63. The van der Waals surface area contributed by atoms with E-state index in [1.54, 1.807) is 0 Å². The predicted molar refractivity (Wildman–Crippen MR) is 41.5 cm³/mol. The Morgan fingerprint density at radius 1 is 1.86 bits per heavy atom. The Morgan fingerprint density at radius 2 is 2.43 bits per heavy atom. The van der Waals surface area contributed by atoms with Gasteiger partial charge in [0, 0.05) is 10.3 Å². The molecule has 7 heavy (non-hydrogen) atoms. The zero-order chi connectivity index (χ0) is 5.70. The van der Waals surface area contributed by atoms with E-state index in [1.807, 2.05) is 0 Å². The van der Waals surface area contributed by atoms with Crippen LogP contribution in [0.1, 0.15) is 13.3 Å². The van der Waals surface area contributed by atoms with Crippen molar-refractivity contribution in [2.75, 3.05) is 4.43 Å². The molecule has 0 aliphatic carbocycles. The first-order valence-electron chi connectivity index (χ1n) is 2.33. The second-order valence-corrected chi connectivity index (χ2v) is 2.62. The van der Waals surface area contributed by atoms with E-state index in [0.29, 0.717) is 5.92 Å². The number of rotatable bonds is 2. The second-order valence-electron chi connectivity index (χ2n) is 1.55. The van der Waals surface area contributed by atoms with Crippen LogP contribution in [0.5, 0.6) is 0 Å². The molecule has 0 aliphatic heterocycles. The van der Waals surface area contributed by atoms with Crippen molar-refractivity contribution in [3.8, 4) is 12.3 Å². The van der Waals surface area contributed by atoms with Gasteiger partial charge in [-0.2, -0.15) is 0 Å². The molecule has 1 unspecified atom stereocenters. The summed E-state index contributed by atoms with van der Waals surface area (Å²) in [5.74, 6) is 3.13. The molecule has 0 aromatic heterocycles. The van der Waals surface area contributed by atoms with Gasteiger partial charge < -0.3 is 0 Å². The minimum Gasteiger partial charge on any atom is -0.120 e. The van der Waals surface area contributed by atoms with Gasteiger partial charge in [-0.3, -0.25) is 0 Å². The highest BCUT2D eigenvalue weighted by Crippen LogP contribution is 2.00. The van der Waals surface area contributed by atoms with Crippen LogP contribution in [-0.2, 0) is 0 Å². The first kappa shape index (κ1) is 7.29. The summed E-state index contributed by atoms with van der Waals surface area (Å²) in [4.78, 5) is 0. The van der Waals surface area contributed by atoms with Gasteiger partial charge in [-0.25, -0.2) is 0 Å². The fourth-order valence-corrected chi connectivity index (χ4v) is 1.18. The van der Waals surface area contributed by atoms with Crippen molar-refractivity contribution >= 4 is 22.6 Å². The Bertz CT molecular complexity index is 70.7. The van der Waals surface area contributed by atoms with Crippen LogP contribution in [0.3, 0.4) is 0 Å². The van der Waals surface area contributed by atoms with E-state index in [9.17, 15) is 0 Å². The molecular formula is C6H9I. The molecular weight excluding hydrogens is 199 g/mol.